The molecule has 1 saturated heterocycles. The number of carbonyl (C=O) groups excluding carboxylic acids is 1. The average molecular weight is 491 g/mol. The summed E-state index contributed by atoms with van der Waals surface area (Å²) in [7, 11) is 1.65. The molecule has 0 atom stereocenters. The molecule has 5 rings (SSSR count). The van der Waals surface area contributed by atoms with Crippen LogP contribution in [-0.2, 0) is 4.74 Å². The quantitative estimate of drug-likeness (QED) is 0.401. The third kappa shape index (κ3) is 4.72. The number of thiazole rings is 2. The van der Waals surface area contributed by atoms with Gasteiger partial charge in [0.1, 0.15) is 5.75 Å². The van der Waals surface area contributed by atoms with Crippen LogP contribution < -0.4 is 9.64 Å². The van der Waals surface area contributed by atoms with Crippen LogP contribution in [0.4, 0.5) is 5.13 Å². The molecule has 0 N–H and O–H groups in total. The van der Waals surface area contributed by atoms with E-state index in [-0.39, 0.29) is 18.3 Å². The van der Waals surface area contributed by atoms with Crippen molar-refractivity contribution < 1.29 is 14.3 Å². The number of para-hydroxylation sites is 1. The number of nitrogens with zero attached hydrogens (tertiary/aromatic N) is 4. The summed E-state index contributed by atoms with van der Waals surface area (Å²) in [5, 5.41) is 1.17. The first-order valence-corrected chi connectivity index (χ1v) is 11.8. The summed E-state index contributed by atoms with van der Waals surface area (Å²) in [6.45, 7) is 4.52. The van der Waals surface area contributed by atoms with Gasteiger partial charge in [-0.1, -0.05) is 23.5 Å². The summed E-state index contributed by atoms with van der Waals surface area (Å²) < 4.78 is 12.8. The lowest BCUT2D eigenvalue weighted by Gasteiger charge is -2.28. The summed E-state index contributed by atoms with van der Waals surface area (Å²) in [6.07, 6.45) is 0. The zero-order chi connectivity index (χ0) is 21.2. The van der Waals surface area contributed by atoms with Crippen LogP contribution in [0.15, 0.2) is 42.5 Å². The number of ether oxygens (including phenoxy) is 2. The molecule has 4 aromatic rings. The molecule has 0 bridgehead atoms. The van der Waals surface area contributed by atoms with Crippen LogP contribution >= 0.6 is 35.1 Å². The normalized spacial score (nSPS) is 14.4. The van der Waals surface area contributed by atoms with Gasteiger partial charge in [-0.25, -0.2) is 9.97 Å². The fourth-order valence-electron chi connectivity index (χ4n) is 3.56. The van der Waals surface area contributed by atoms with Crippen LogP contribution in [0, 0.1) is 0 Å². The third-order valence-electron chi connectivity index (χ3n) is 5.28. The first kappa shape index (κ1) is 22.9. The maximum Gasteiger partial charge on any atom is 0.289 e. The molecule has 0 unspecified atom stereocenters. The molecular weight excluding hydrogens is 468 g/mol. The Balaban J connectivity index is 0.00000245. The van der Waals surface area contributed by atoms with Crippen molar-refractivity contribution in [2.24, 2.45) is 0 Å². The van der Waals surface area contributed by atoms with E-state index in [9.17, 15) is 4.79 Å². The molecule has 1 fully saturated rings. The second-order valence-corrected chi connectivity index (χ2v) is 9.27. The lowest BCUT2D eigenvalue weighted by molar-refractivity contribution is 0.0391. The smallest absolute Gasteiger partial charge is 0.289 e. The summed E-state index contributed by atoms with van der Waals surface area (Å²) in [4.78, 5) is 27.0. The molecule has 32 heavy (non-hydrogen) atoms. The third-order valence-corrected chi connectivity index (χ3v) is 7.35. The summed E-state index contributed by atoms with van der Waals surface area (Å²) >= 11 is 2.92. The molecule has 7 nitrogen and oxygen atoms in total. The van der Waals surface area contributed by atoms with E-state index in [2.05, 4.69) is 9.88 Å². The van der Waals surface area contributed by atoms with E-state index in [1.54, 1.807) is 12.0 Å². The van der Waals surface area contributed by atoms with E-state index >= 15 is 0 Å². The van der Waals surface area contributed by atoms with Crippen molar-refractivity contribution in [1.82, 2.24) is 14.9 Å². The zero-order valence-corrected chi connectivity index (χ0v) is 20.0. The number of carbonyl (C=O) groups is 1. The number of halogens is 1. The lowest BCUT2D eigenvalue weighted by atomic mass is 10.3. The van der Waals surface area contributed by atoms with Crippen LogP contribution in [-0.4, -0.2) is 67.3 Å². The lowest BCUT2D eigenvalue weighted by Crippen LogP contribution is -2.43. The van der Waals surface area contributed by atoms with Crippen LogP contribution in [0.3, 0.4) is 0 Å². The Kier molecular flexibility index (Phi) is 7.22. The highest BCUT2D eigenvalue weighted by Crippen LogP contribution is 2.33. The van der Waals surface area contributed by atoms with Crippen molar-refractivity contribution in [2.45, 2.75) is 0 Å². The number of rotatable bonds is 6. The Bertz CT molecular complexity index is 1190. The van der Waals surface area contributed by atoms with E-state index in [4.69, 9.17) is 14.5 Å². The largest absolute Gasteiger partial charge is 0.497 e. The standard InChI is InChI=1S/C22H22N4O3S2.ClH/c1-28-15-6-7-17-19(14-15)31-22(24-17)26(9-8-25-10-12-29-13-11-25)21(27)20-23-16-4-2-3-5-18(16)30-20;/h2-7,14H,8-13H2,1H3;1H. The van der Waals surface area contributed by atoms with E-state index < -0.39 is 0 Å². The average Bonchev–Trinajstić information content (AvgIpc) is 3.43. The van der Waals surface area contributed by atoms with Gasteiger partial charge in [-0.3, -0.25) is 14.6 Å². The molecule has 0 saturated carbocycles. The Morgan fingerprint density at radius 2 is 1.88 bits per heavy atom. The molecule has 1 aliphatic rings. The second kappa shape index (κ2) is 10.1. The second-order valence-electron chi connectivity index (χ2n) is 7.23. The van der Waals surface area contributed by atoms with Crippen molar-refractivity contribution >= 4 is 66.6 Å². The molecule has 0 radical (unpaired) electrons. The minimum Gasteiger partial charge on any atom is -0.497 e. The fourth-order valence-corrected chi connectivity index (χ4v) is 5.50. The van der Waals surface area contributed by atoms with Crippen molar-refractivity contribution in [3.05, 3.63) is 47.5 Å². The van der Waals surface area contributed by atoms with Gasteiger partial charge in [0, 0.05) is 26.2 Å². The Morgan fingerprint density at radius 1 is 1.09 bits per heavy atom. The number of hydrogen-bond acceptors (Lipinski definition) is 8. The number of morpholine rings is 1. The van der Waals surface area contributed by atoms with Gasteiger partial charge in [-0.05, 0) is 30.3 Å². The predicted octanol–water partition coefficient (Wildman–Crippen LogP) is 4.32. The molecule has 0 aliphatic carbocycles. The minimum atomic E-state index is -0.111. The number of amides is 1. The van der Waals surface area contributed by atoms with Gasteiger partial charge in [0.15, 0.2) is 10.1 Å². The maximum atomic E-state index is 13.6. The maximum absolute atomic E-state index is 13.6. The molecule has 3 heterocycles. The number of aromatic nitrogens is 2. The molecule has 168 valence electrons. The van der Waals surface area contributed by atoms with E-state index in [0.29, 0.717) is 16.7 Å². The van der Waals surface area contributed by atoms with Crippen molar-refractivity contribution in [1.29, 1.82) is 0 Å². The van der Waals surface area contributed by atoms with Crippen molar-refractivity contribution in [3.63, 3.8) is 0 Å². The van der Waals surface area contributed by atoms with E-state index in [1.165, 1.54) is 22.7 Å². The number of benzene rings is 2. The van der Waals surface area contributed by atoms with E-state index in [1.807, 2.05) is 42.5 Å². The minimum absolute atomic E-state index is 0. The topological polar surface area (TPSA) is 67.8 Å². The molecule has 2 aromatic heterocycles. The highest BCUT2D eigenvalue weighted by molar-refractivity contribution is 7.23. The SMILES string of the molecule is COc1ccc2nc(N(CCN3CCOCC3)C(=O)c3nc4ccccc4s3)sc2c1.Cl. The predicted molar refractivity (Wildman–Crippen MR) is 132 cm³/mol. The highest BCUT2D eigenvalue weighted by Gasteiger charge is 2.25. The van der Waals surface area contributed by atoms with Crippen LogP contribution in [0.1, 0.15) is 9.80 Å². The highest BCUT2D eigenvalue weighted by atomic mass is 35.5. The molecule has 2 aromatic carbocycles. The summed E-state index contributed by atoms with van der Waals surface area (Å²) in [5.74, 6) is 0.667. The number of hydrogen-bond donors (Lipinski definition) is 0. The first-order valence-electron chi connectivity index (χ1n) is 10.1. The summed E-state index contributed by atoms with van der Waals surface area (Å²) in [6, 6.07) is 13.6. The van der Waals surface area contributed by atoms with Gasteiger partial charge >= 0.3 is 0 Å². The number of fused-ring (bicyclic) bond motifs is 2. The van der Waals surface area contributed by atoms with E-state index in [0.717, 1.165) is 59.0 Å². The molecule has 1 aliphatic heterocycles. The first-order chi connectivity index (χ1) is 15.2. The molecule has 10 heteroatoms. The van der Waals surface area contributed by atoms with Gasteiger partial charge in [-0.15, -0.1) is 23.7 Å². The van der Waals surface area contributed by atoms with Gasteiger partial charge in [0.25, 0.3) is 5.91 Å². The van der Waals surface area contributed by atoms with Crippen LogP contribution in [0.5, 0.6) is 5.75 Å². The fraction of sp³-hybridized carbons (Fsp3) is 0.318. The van der Waals surface area contributed by atoms with Crippen LogP contribution in [0.25, 0.3) is 20.4 Å². The van der Waals surface area contributed by atoms with Crippen LogP contribution in [0.2, 0.25) is 0 Å². The molecule has 1 amide bonds. The number of anilines is 1. The Hall–Kier alpha value is -2.30. The zero-order valence-electron chi connectivity index (χ0n) is 17.5. The Labute approximate surface area is 200 Å². The van der Waals surface area contributed by atoms with Gasteiger partial charge < -0.3 is 9.47 Å². The van der Waals surface area contributed by atoms with Crippen molar-refractivity contribution in [3.8, 4) is 5.75 Å². The van der Waals surface area contributed by atoms with Gasteiger partial charge in [-0.2, -0.15) is 0 Å². The Morgan fingerprint density at radius 3 is 2.66 bits per heavy atom. The summed E-state index contributed by atoms with van der Waals surface area (Å²) in [5.41, 5.74) is 1.70. The monoisotopic (exact) mass is 490 g/mol. The van der Waals surface area contributed by atoms with Crippen molar-refractivity contribution in [2.75, 3.05) is 51.4 Å². The van der Waals surface area contributed by atoms with Gasteiger partial charge in [0.05, 0.1) is 40.8 Å². The molecule has 0 spiro atoms. The molecular formula is C22H23ClN4O3S2. The van der Waals surface area contributed by atoms with Gasteiger partial charge in [0.2, 0.25) is 0 Å². The number of methoxy groups -OCH3 is 1.